The largest absolute Gasteiger partial charge is 0.397 e. The van der Waals surface area contributed by atoms with E-state index in [0.29, 0.717) is 21.3 Å². The minimum absolute atomic E-state index is 0.231. The Morgan fingerprint density at radius 2 is 2.12 bits per heavy atom. The van der Waals surface area contributed by atoms with Crippen molar-refractivity contribution in [1.29, 1.82) is 0 Å². The molecule has 3 N–H and O–H groups in total. The number of nitrogen functional groups attached to an aromatic ring is 1. The topological polar surface area (TPSA) is 55.1 Å². The molecule has 0 fully saturated rings. The number of benzene rings is 1. The van der Waals surface area contributed by atoms with Gasteiger partial charge in [0.15, 0.2) is 0 Å². The molecule has 88 valence electrons. The molecule has 0 saturated heterocycles. The lowest BCUT2D eigenvalue weighted by atomic mass is 10.2. The average Bonchev–Trinajstić information content (AvgIpc) is 2.63. The maximum atomic E-state index is 12.0. The zero-order valence-electron chi connectivity index (χ0n) is 9.16. The summed E-state index contributed by atoms with van der Waals surface area (Å²) in [6.45, 7) is 1.87. The Kier molecular flexibility index (Phi) is 3.36. The molecule has 0 bridgehead atoms. The Bertz CT molecular complexity index is 565. The number of carbonyl (C=O) groups is 1. The molecule has 0 atom stereocenters. The number of nitrogens with two attached hydrogens (primary N) is 1. The fourth-order valence-electron chi connectivity index (χ4n) is 1.37. The highest BCUT2D eigenvalue weighted by atomic mass is 35.5. The Morgan fingerprint density at radius 1 is 1.41 bits per heavy atom. The first-order valence-electron chi connectivity index (χ1n) is 4.99. The van der Waals surface area contributed by atoms with Crippen LogP contribution in [0.3, 0.4) is 0 Å². The average molecular weight is 267 g/mol. The summed E-state index contributed by atoms with van der Waals surface area (Å²) >= 11 is 7.35. The van der Waals surface area contributed by atoms with E-state index in [9.17, 15) is 4.79 Å². The highest BCUT2D eigenvalue weighted by Crippen LogP contribution is 2.28. The van der Waals surface area contributed by atoms with Gasteiger partial charge >= 0.3 is 0 Å². The van der Waals surface area contributed by atoms with Gasteiger partial charge < -0.3 is 11.1 Å². The predicted molar refractivity (Wildman–Crippen MR) is 72.9 cm³/mol. The van der Waals surface area contributed by atoms with Crippen molar-refractivity contribution in [3.05, 3.63) is 45.1 Å². The van der Waals surface area contributed by atoms with Crippen LogP contribution in [0.1, 0.15) is 15.2 Å². The number of nitrogens with one attached hydrogen (secondary N) is 1. The van der Waals surface area contributed by atoms with E-state index < -0.39 is 0 Å². The minimum Gasteiger partial charge on any atom is -0.397 e. The first-order chi connectivity index (χ1) is 8.09. The second-order valence-electron chi connectivity index (χ2n) is 3.60. The van der Waals surface area contributed by atoms with Gasteiger partial charge in [0.25, 0.3) is 5.91 Å². The summed E-state index contributed by atoms with van der Waals surface area (Å²) in [5, 5.41) is 5.10. The van der Waals surface area contributed by atoms with Gasteiger partial charge in [0.1, 0.15) is 4.88 Å². The molecular weight excluding hydrogens is 256 g/mol. The number of hydrogen-bond donors (Lipinski definition) is 2. The number of hydrogen-bond acceptors (Lipinski definition) is 3. The minimum atomic E-state index is -0.231. The Morgan fingerprint density at radius 3 is 2.71 bits per heavy atom. The molecule has 0 unspecified atom stereocenters. The van der Waals surface area contributed by atoms with E-state index in [4.69, 9.17) is 17.3 Å². The van der Waals surface area contributed by atoms with Crippen LogP contribution in [-0.2, 0) is 0 Å². The van der Waals surface area contributed by atoms with Crippen molar-refractivity contribution < 1.29 is 4.79 Å². The van der Waals surface area contributed by atoms with E-state index >= 15 is 0 Å². The van der Waals surface area contributed by atoms with Crippen molar-refractivity contribution in [1.82, 2.24) is 0 Å². The first-order valence-corrected chi connectivity index (χ1v) is 6.25. The van der Waals surface area contributed by atoms with Crippen LogP contribution < -0.4 is 11.1 Å². The number of anilines is 2. The van der Waals surface area contributed by atoms with Crippen LogP contribution in [0.2, 0.25) is 5.02 Å². The van der Waals surface area contributed by atoms with Gasteiger partial charge in [-0.05, 0) is 30.0 Å². The normalized spacial score (nSPS) is 10.2. The molecule has 5 heteroatoms. The maximum Gasteiger partial charge on any atom is 0.267 e. The van der Waals surface area contributed by atoms with E-state index in [1.54, 1.807) is 12.1 Å². The van der Waals surface area contributed by atoms with E-state index in [0.717, 1.165) is 5.56 Å². The number of thiophene rings is 1. The standard InChI is InChI=1S/C12H11ClN2OS/c1-7-6-17-11(10(7)13)12(16)15-9-5-3-2-4-8(9)14/h2-6H,14H2,1H3,(H,15,16). The van der Waals surface area contributed by atoms with Gasteiger partial charge in [-0.3, -0.25) is 4.79 Å². The summed E-state index contributed by atoms with van der Waals surface area (Å²) in [5.41, 5.74) is 7.78. The Labute approximate surface area is 108 Å². The van der Waals surface area contributed by atoms with E-state index in [2.05, 4.69) is 5.32 Å². The molecular formula is C12H11ClN2OS. The number of amides is 1. The molecule has 0 spiro atoms. The van der Waals surface area contributed by atoms with Crippen LogP contribution in [0.25, 0.3) is 0 Å². The smallest absolute Gasteiger partial charge is 0.267 e. The lowest BCUT2D eigenvalue weighted by Crippen LogP contribution is -2.12. The summed E-state index contributed by atoms with van der Waals surface area (Å²) in [6, 6.07) is 7.11. The molecule has 17 heavy (non-hydrogen) atoms. The third kappa shape index (κ3) is 2.43. The first kappa shape index (κ1) is 12.0. The second-order valence-corrected chi connectivity index (χ2v) is 4.86. The van der Waals surface area contributed by atoms with Crippen molar-refractivity contribution in [3.63, 3.8) is 0 Å². The van der Waals surface area contributed by atoms with Crippen LogP contribution in [0, 0.1) is 6.92 Å². The highest BCUT2D eigenvalue weighted by Gasteiger charge is 2.15. The summed E-state index contributed by atoms with van der Waals surface area (Å²) in [4.78, 5) is 12.5. The van der Waals surface area contributed by atoms with Crippen LogP contribution in [-0.4, -0.2) is 5.91 Å². The van der Waals surface area contributed by atoms with Crippen LogP contribution in [0.15, 0.2) is 29.6 Å². The number of carbonyl (C=O) groups excluding carboxylic acids is 1. The molecule has 1 heterocycles. The monoisotopic (exact) mass is 266 g/mol. The van der Waals surface area contributed by atoms with Crippen LogP contribution in [0.4, 0.5) is 11.4 Å². The van der Waals surface area contributed by atoms with E-state index in [-0.39, 0.29) is 5.91 Å². The van der Waals surface area contributed by atoms with Crippen molar-refractivity contribution in [2.75, 3.05) is 11.1 Å². The summed E-state index contributed by atoms with van der Waals surface area (Å²) in [7, 11) is 0. The van der Waals surface area contributed by atoms with Gasteiger partial charge in [-0.15, -0.1) is 11.3 Å². The van der Waals surface area contributed by atoms with Gasteiger partial charge in [-0.2, -0.15) is 0 Å². The Hall–Kier alpha value is -1.52. The third-order valence-electron chi connectivity index (χ3n) is 2.31. The van der Waals surface area contributed by atoms with Gasteiger partial charge in [0.05, 0.1) is 16.4 Å². The zero-order valence-corrected chi connectivity index (χ0v) is 10.7. The van der Waals surface area contributed by atoms with Crippen LogP contribution in [0.5, 0.6) is 0 Å². The molecule has 2 aromatic rings. The lowest BCUT2D eigenvalue weighted by molar-refractivity contribution is 0.103. The number of halogens is 1. The van der Waals surface area contributed by atoms with E-state index in [1.807, 2.05) is 24.4 Å². The summed E-state index contributed by atoms with van der Waals surface area (Å²) < 4.78 is 0. The maximum absolute atomic E-state index is 12.0. The molecule has 3 nitrogen and oxygen atoms in total. The second kappa shape index (κ2) is 4.77. The van der Waals surface area contributed by atoms with Crippen molar-refractivity contribution in [2.24, 2.45) is 0 Å². The summed E-state index contributed by atoms with van der Waals surface area (Å²) in [5.74, 6) is -0.231. The quantitative estimate of drug-likeness (QED) is 0.817. The molecule has 0 radical (unpaired) electrons. The zero-order chi connectivity index (χ0) is 12.4. The fraction of sp³-hybridized carbons (Fsp3) is 0.0833. The molecule has 0 aliphatic rings. The highest BCUT2D eigenvalue weighted by molar-refractivity contribution is 7.13. The van der Waals surface area contributed by atoms with Crippen molar-refractivity contribution in [3.8, 4) is 0 Å². The van der Waals surface area contributed by atoms with Crippen molar-refractivity contribution in [2.45, 2.75) is 6.92 Å². The van der Waals surface area contributed by atoms with Gasteiger partial charge in [-0.1, -0.05) is 23.7 Å². The molecule has 2 rings (SSSR count). The molecule has 0 saturated carbocycles. The Balaban J connectivity index is 2.23. The van der Waals surface area contributed by atoms with Gasteiger partial charge in [0.2, 0.25) is 0 Å². The van der Waals surface area contributed by atoms with Gasteiger partial charge in [0, 0.05) is 0 Å². The third-order valence-corrected chi connectivity index (χ3v) is 4.01. The summed E-state index contributed by atoms with van der Waals surface area (Å²) in [6.07, 6.45) is 0. The molecule has 1 aromatic heterocycles. The van der Waals surface area contributed by atoms with E-state index in [1.165, 1.54) is 11.3 Å². The predicted octanol–water partition coefficient (Wildman–Crippen LogP) is 3.54. The number of rotatable bonds is 2. The molecule has 1 amide bonds. The lowest BCUT2D eigenvalue weighted by Gasteiger charge is -2.06. The van der Waals surface area contributed by atoms with Crippen LogP contribution >= 0.6 is 22.9 Å². The SMILES string of the molecule is Cc1csc(C(=O)Nc2ccccc2N)c1Cl. The number of aryl methyl sites for hydroxylation is 1. The number of para-hydroxylation sites is 2. The molecule has 1 aromatic carbocycles. The van der Waals surface area contributed by atoms with Gasteiger partial charge in [-0.25, -0.2) is 0 Å². The fourth-order valence-corrected chi connectivity index (χ4v) is 2.55. The molecule has 0 aliphatic carbocycles. The van der Waals surface area contributed by atoms with Crippen molar-refractivity contribution >= 4 is 40.2 Å². The molecule has 0 aliphatic heterocycles.